The Hall–Kier alpha value is -5.38. The van der Waals surface area contributed by atoms with Crippen molar-refractivity contribution in [2.45, 2.75) is 13.8 Å². The molecule has 8 aromatic rings. The molecule has 0 saturated heterocycles. The molecule has 0 N–H and O–H groups in total. The van der Waals surface area contributed by atoms with Gasteiger partial charge in [-0.3, -0.25) is 0 Å². The third kappa shape index (κ3) is 3.56. The largest absolute Gasteiger partial charge is 0.461 e. The van der Waals surface area contributed by atoms with E-state index in [2.05, 4.69) is 170 Å². The Labute approximate surface area is 263 Å². The molecule has 6 aromatic carbocycles. The number of benzene rings is 6. The highest BCUT2D eigenvalue weighted by Gasteiger charge is 2.48. The van der Waals surface area contributed by atoms with Crippen molar-refractivity contribution >= 4 is 67.7 Å². The van der Waals surface area contributed by atoms with Crippen LogP contribution in [0, 0.1) is 6.92 Å². The van der Waals surface area contributed by atoms with Crippen molar-refractivity contribution in [3.05, 3.63) is 157 Å². The maximum atomic E-state index is 6.26. The van der Waals surface area contributed by atoms with Crippen LogP contribution < -0.4 is 20.7 Å². The van der Waals surface area contributed by atoms with Gasteiger partial charge in [-0.1, -0.05) is 121 Å². The first-order valence-corrected chi connectivity index (χ1v) is 17.6. The fourth-order valence-electron chi connectivity index (χ4n) is 7.95. The molecule has 2 nitrogen and oxygen atoms in total. The fourth-order valence-corrected chi connectivity index (χ4v) is 13.2. The predicted molar refractivity (Wildman–Crippen MR) is 193 cm³/mol. The number of hydrogen-bond acceptors (Lipinski definition) is 1. The molecule has 9 rings (SSSR count). The number of allylic oxidation sites excluding steroid dienone is 1. The molecule has 214 valence electrons. The molecular weight excluding hydrogens is 563 g/mol. The molecule has 0 aliphatic carbocycles. The second-order valence-electron chi connectivity index (χ2n) is 12.0. The lowest BCUT2D eigenvalue weighted by Crippen LogP contribution is -2.72. The minimum atomic E-state index is -2.74. The van der Waals surface area contributed by atoms with Crippen LogP contribution in [-0.2, 0) is 0 Å². The van der Waals surface area contributed by atoms with Crippen LogP contribution in [0.5, 0.6) is 0 Å². The lowest BCUT2D eigenvalue weighted by Gasteiger charge is -2.32. The number of aryl methyl sites for hydroxylation is 1. The van der Waals surface area contributed by atoms with E-state index in [-0.39, 0.29) is 0 Å². The minimum Gasteiger partial charge on any atom is -0.461 e. The normalized spacial score (nSPS) is 13.6. The number of fused-ring (bicyclic) bond motifs is 7. The monoisotopic (exact) mass is 593 g/mol. The summed E-state index contributed by atoms with van der Waals surface area (Å²) in [6.45, 7) is 4.14. The van der Waals surface area contributed by atoms with Gasteiger partial charge in [-0.15, -0.1) is 0 Å². The molecule has 0 bridgehead atoms. The van der Waals surface area contributed by atoms with Gasteiger partial charge in [-0.2, -0.15) is 0 Å². The smallest absolute Gasteiger partial charge is 0.180 e. The molecule has 0 unspecified atom stereocenters. The molecule has 0 spiro atoms. The molecule has 0 fully saturated rings. The maximum Gasteiger partial charge on any atom is 0.180 e. The number of rotatable bonds is 4. The van der Waals surface area contributed by atoms with Crippen molar-refractivity contribution in [3.63, 3.8) is 0 Å². The van der Waals surface area contributed by atoms with Crippen LogP contribution in [-0.4, -0.2) is 12.6 Å². The standard InChI is InChI=1S/C42H31NOSi/c1-3-13-32-28(2)44-40-25-24-31(27-37(32)40)45(41-22-10-6-18-35(41)36-19-7-11-23-42(36)45)30-15-12-14-29(26-30)43-38-20-8-4-16-33(38)34-17-5-9-21-39(34)43/h3-27H,1-2H3. The first kappa shape index (κ1) is 26.1. The van der Waals surface area contributed by atoms with Crippen molar-refractivity contribution in [1.29, 1.82) is 0 Å². The van der Waals surface area contributed by atoms with Crippen molar-refractivity contribution in [1.82, 2.24) is 4.57 Å². The summed E-state index contributed by atoms with van der Waals surface area (Å²) in [7, 11) is -2.74. The summed E-state index contributed by atoms with van der Waals surface area (Å²) in [5, 5.41) is 9.37. The van der Waals surface area contributed by atoms with E-state index in [9.17, 15) is 0 Å². The summed E-state index contributed by atoms with van der Waals surface area (Å²) >= 11 is 0. The first-order chi connectivity index (χ1) is 22.2. The second kappa shape index (κ2) is 9.81. The van der Waals surface area contributed by atoms with Crippen LogP contribution >= 0.6 is 0 Å². The molecule has 0 atom stereocenters. The summed E-state index contributed by atoms with van der Waals surface area (Å²) in [6, 6.07) is 52.1. The minimum absolute atomic E-state index is 0.937. The Bertz CT molecular complexity index is 2380. The van der Waals surface area contributed by atoms with E-state index in [4.69, 9.17) is 4.42 Å². The number of hydrogen-bond donors (Lipinski definition) is 0. The Morgan fingerprint density at radius 2 is 1.18 bits per heavy atom. The third-order valence-electron chi connectivity index (χ3n) is 9.75. The van der Waals surface area contributed by atoms with E-state index < -0.39 is 8.07 Å². The molecular formula is C42H31NOSi. The molecule has 2 aromatic heterocycles. The van der Waals surface area contributed by atoms with E-state index in [1.54, 1.807) is 0 Å². The van der Waals surface area contributed by atoms with Gasteiger partial charge in [0.25, 0.3) is 0 Å². The zero-order valence-corrected chi connectivity index (χ0v) is 26.3. The summed E-state index contributed by atoms with van der Waals surface area (Å²) in [5.41, 5.74) is 8.44. The summed E-state index contributed by atoms with van der Waals surface area (Å²) in [5.74, 6) is 0.955. The number of para-hydroxylation sites is 2. The van der Waals surface area contributed by atoms with Gasteiger partial charge in [-0.05, 0) is 76.1 Å². The van der Waals surface area contributed by atoms with Crippen molar-refractivity contribution in [3.8, 4) is 16.8 Å². The molecule has 0 amide bonds. The molecule has 45 heavy (non-hydrogen) atoms. The van der Waals surface area contributed by atoms with E-state index in [1.165, 1.54) is 64.8 Å². The summed E-state index contributed by atoms with van der Waals surface area (Å²) in [6.07, 6.45) is 4.28. The zero-order chi connectivity index (χ0) is 30.1. The van der Waals surface area contributed by atoms with Crippen LogP contribution in [0.2, 0.25) is 0 Å². The van der Waals surface area contributed by atoms with Gasteiger partial charge in [0.15, 0.2) is 8.07 Å². The zero-order valence-electron chi connectivity index (χ0n) is 25.3. The van der Waals surface area contributed by atoms with Gasteiger partial charge in [0, 0.05) is 27.4 Å². The molecule has 0 radical (unpaired) electrons. The quantitative estimate of drug-likeness (QED) is 0.188. The summed E-state index contributed by atoms with van der Waals surface area (Å²) in [4.78, 5) is 0. The molecule has 1 aliphatic rings. The lowest BCUT2D eigenvalue weighted by molar-refractivity contribution is 0.577. The van der Waals surface area contributed by atoms with E-state index in [1.807, 2.05) is 0 Å². The van der Waals surface area contributed by atoms with Gasteiger partial charge in [0.1, 0.15) is 11.3 Å². The first-order valence-electron chi connectivity index (χ1n) is 15.6. The highest BCUT2D eigenvalue weighted by molar-refractivity contribution is 7.22. The molecule has 0 saturated carbocycles. The average molecular weight is 594 g/mol. The Kier molecular flexibility index (Phi) is 5.68. The Balaban J connectivity index is 1.39. The molecule has 3 heteroatoms. The topological polar surface area (TPSA) is 18.1 Å². The average Bonchev–Trinajstić information content (AvgIpc) is 3.70. The molecule has 1 aliphatic heterocycles. The SMILES string of the molecule is CC=Cc1c(C)oc2ccc([Si]3(c4cccc(-n5c6ccccc6c6ccccc65)c4)c4ccccc4-c4ccccc43)cc12. The predicted octanol–water partition coefficient (Wildman–Crippen LogP) is 8.23. The number of nitrogens with zero attached hydrogens (tertiary/aromatic N) is 1. The number of aromatic nitrogens is 1. The van der Waals surface area contributed by atoms with Gasteiger partial charge in [0.2, 0.25) is 0 Å². The van der Waals surface area contributed by atoms with Crippen LogP contribution in [0.4, 0.5) is 0 Å². The van der Waals surface area contributed by atoms with Crippen molar-refractivity contribution in [2.24, 2.45) is 0 Å². The van der Waals surface area contributed by atoms with E-state index in [0.717, 1.165) is 16.9 Å². The van der Waals surface area contributed by atoms with Crippen LogP contribution in [0.25, 0.3) is 55.7 Å². The highest BCUT2D eigenvalue weighted by Crippen LogP contribution is 2.34. The van der Waals surface area contributed by atoms with Crippen molar-refractivity contribution < 1.29 is 4.42 Å². The van der Waals surface area contributed by atoms with Gasteiger partial charge < -0.3 is 8.98 Å². The van der Waals surface area contributed by atoms with Crippen LogP contribution in [0.1, 0.15) is 18.2 Å². The fraction of sp³-hybridized carbons (Fsp3) is 0.0476. The van der Waals surface area contributed by atoms with Gasteiger partial charge >= 0.3 is 0 Å². The molecule has 3 heterocycles. The Morgan fingerprint density at radius 1 is 0.578 bits per heavy atom. The van der Waals surface area contributed by atoms with E-state index in [0.29, 0.717) is 0 Å². The Morgan fingerprint density at radius 3 is 1.84 bits per heavy atom. The van der Waals surface area contributed by atoms with Gasteiger partial charge in [-0.25, -0.2) is 0 Å². The number of furan rings is 1. The van der Waals surface area contributed by atoms with E-state index >= 15 is 0 Å². The van der Waals surface area contributed by atoms with Crippen LogP contribution in [0.15, 0.2) is 150 Å². The summed E-state index contributed by atoms with van der Waals surface area (Å²) < 4.78 is 8.70. The van der Waals surface area contributed by atoms with Crippen molar-refractivity contribution in [2.75, 3.05) is 0 Å². The third-order valence-corrected chi connectivity index (χ3v) is 14.6. The van der Waals surface area contributed by atoms with Crippen LogP contribution in [0.3, 0.4) is 0 Å². The second-order valence-corrected chi connectivity index (χ2v) is 15.8. The van der Waals surface area contributed by atoms with Gasteiger partial charge in [0.05, 0.1) is 11.0 Å². The highest BCUT2D eigenvalue weighted by atomic mass is 28.3. The lowest BCUT2D eigenvalue weighted by atomic mass is 10.1. The maximum absolute atomic E-state index is 6.26.